The summed E-state index contributed by atoms with van der Waals surface area (Å²) in [5.41, 5.74) is 1.08. The van der Waals surface area contributed by atoms with E-state index in [0.29, 0.717) is 19.3 Å². The number of aromatic nitrogens is 1. The van der Waals surface area contributed by atoms with Crippen molar-refractivity contribution in [2.75, 3.05) is 0 Å². The van der Waals surface area contributed by atoms with Crippen LogP contribution in [0.4, 0.5) is 0 Å². The highest BCUT2D eigenvalue weighted by Crippen LogP contribution is 2.32. The zero-order valence-corrected chi connectivity index (χ0v) is 22.8. The molecule has 0 aliphatic carbocycles. The van der Waals surface area contributed by atoms with Crippen LogP contribution in [0.15, 0.2) is 22.6 Å². The number of ketones is 1. The quantitative estimate of drug-likeness (QED) is 0.405. The molecule has 1 aliphatic heterocycles. The normalized spacial score (nSPS) is 33.7. The summed E-state index contributed by atoms with van der Waals surface area (Å²) in [4.78, 5) is 30.5. The first-order chi connectivity index (χ1) is 16.2. The zero-order chi connectivity index (χ0) is 26.5. The molecule has 6 atom stereocenters. The van der Waals surface area contributed by atoms with Gasteiger partial charge in [-0.2, -0.15) is 0 Å². The fourth-order valence-electron chi connectivity index (χ4n) is 4.37. The van der Waals surface area contributed by atoms with Crippen molar-refractivity contribution in [1.82, 2.24) is 4.98 Å². The molecule has 1 unspecified atom stereocenters. The monoisotopic (exact) mass is 507 g/mol. The fraction of sp³-hybridized carbons (Fsp3) is 0.667. The van der Waals surface area contributed by atoms with E-state index in [1.54, 1.807) is 20.8 Å². The molecule has 35 heavy (non-hydrogen) atoms. The van der Waals surface area contributed by atoms with Gasteiger partial charge in [0.05, 0.1) is 40.8 Å². The summed E-state index contributed by atoms with van der Waals surface area (Å²) in [6, 6.07) is 0. The van der Waals surface area contributed by atoms with Crippen LogP contribution in [0, 0.1) is 24.2 Å². The Bertz CT molecular complexity index is 949. The number of Topliss-reactive ketones (excluding diaryl/α,β-unsaturated/α-hetero) is 1. The molecule has 0 aromatic carbocycles. The van der Waals surface area contributed by atoms with Crippen molar-refractivity contribution in [3.8, 4) is 0 Å². The van der Waals surface area contributed by atoms with Gasteiger partial charge in [-0.1, -0.05) is 33.8 Å². The first-order valence-corrected chi connectivity index (χ1v) is 13.2. The number of ether oxygens (including phenoxy) is 1. The minimum atomic E-state index is -1.26. The lowest BCUT2D eigenvalue weighted by Gasteiger charge is -2.34. The number of aliphatic hydroxyl groups is 3. The fourth-order valence-corrected chi connectivity index (χ4v) is 4.94. The van der Waals surface area contributed by atoms with Crippen LogP contribution in [0.1, 0.15) is 77.9 Å². The van der Waals surface area contributed by atoms with Crippen molar-refractivity contribution in [1.29, 1.82) is 0 Å². The van der Waals surface area contributed by atoms with Gasteiger partial charge >= 0.3 is 5.97 Å². The topological polar surface area (TPSA) is 117 Å². The highest BCUT2D eigenvalue weighted by atomic mass is 32.1. The summed E-state index contributed by atoms with van der Waals surface area (Å²) in [7, 11) is 0. The van der Waals surface area contributed by atoms with Crippen LogP contribution < -0.4 is 0 Å². The predicted octanol–water partition coefficient (Wildman–Crippen LogP) is 4.24. The number of hydrogen-bond acceptors (Lipinski definition) is 8. The maximum atomic E-state index is 13.2. The Balaban J connectivity index is 2.38. The van der Waals surface area contributed by atoms with E-state index in [1.165, 1.54) is 11.3 Å². The Kier molecular flexibility index (Phi) is 10.4. The first kappa shape index (κ1) is 29.4. The predicted molar refractivity (Wildman–Crippen MR) is 138 cm³/mol. The van der Waals surface area contributed by atoms with Gasteiger partial charge in [0.2, 0.25) is 0 Å². The number of cyclic esters (lactones) is 1. The van der Waals surface area contributed by atoms with Crippen LogP contribution in [0.2, 0.25) is 0 Å². The number of rotatable bonds is 2. The third-order valence-corrected chi connectivity index (χ3v) is 8.00. The Labute approximate surface area is 212 Å². The summed E-state index contributed by atoms with van der Waals surface area (Å²) in [6.07, 6.45) is 1.23. The maximum absolute atomic E-state index is 13.2. The number of carbonyl (C=O) groups excluding carboxylic acids is 2. The smallest absolute Gasteiger partial charge is 0.309 e. The van der Waals surface area contributed by atoms with E-state index < -0.39 is 41.7 Å². The van der Waals surface area contributed by atoms with Gasteiger partial charge in [-0.3, -0.25) is 9.59 Å². The lowest BCUT2D eigenvalue weighted by molar-refractivity contribution is -0.154. The number of carbonyl (C=O) groups is 2. The van der Waals surface area contributed by atoms with Crippen molar-refractivity contribution in [3.05, 3.63) is 33.3 Å². The van der Waals surface area contributed by atoms with Crippen LogP contribution in [0.5, 0.6) is 0 Å². The minimum absolute atomic E-state index is 0.221. The summed E-state index contributed by atoms with van der Waals surface area (Å²) in [5.74, 6) is -1.88. The molecule has 1 aromatic rings. The van der Waals surface area contributed by atoms with Crippen LogP contribution in [0.3, 0.4) is 0 Å². The van der Waals surface area contributed by atoms with Crippen molar-refractivity contribution in [2.24, 2.45) is 17.3 Å². The number of esters is 1. The largest absolute Gasteiger partial charge is 0.457 e. The van der Waals surface area contributed by atoms with Crippen LogP contribution in [-0.4, -0.2) is 56.5 Å². The molecule has 0 radical (unpaired) electrons. The summed E-state index contributed by atoms with van der Waals surface area (Å²) in [6.45, 7) is 12.3. The number of aryl methyl sites for hydroxylation is 1. The second kappa shape index (κ2) is 12.4. The van der Waals surface area contributed by atoms with E-state index in [9.17, 15) is 24.9 Å². The van der Waals surface area contributed by atoms with Gasteiger partial charge in [0.25, 0.3) is 0 Å². The molecule has 0 bridgehead atoms. The number of hydrogen-bond donors (Lipinski definition) is 3. The average molecular weight is 508 g/mol. The SMILES string of the molecule is C/C1=C/C[C@@H](/C(C)=C/c2csc(C)n2)OC(=O)C[C@H](O)C(C)(C)C(=O)[C@H](C)[C@@H](O)[C@@H](C)CCC1O. The first-order valence-electron chi connectivity index (χ1n) is 12.3. The van der Waals surface area contributed by atoms with Crippen LogP contribution in [-0.2, 0) is 14.3 Å². The Morgan fingerprint density at radius 1 is 1.17 bits per heavy atom. The second-order valence-corrected chi connectivity index (χ2v) is 11.6. The van der Waals surface area contributed by atoms with Gasteiger partial charge in [-0.25, -0.2) is 4.98 Å². The molecule has 0 spiro atoms. The van der Waals surface area contributed by atoms with Gasteiger partial charge in [0.15, 0.2) is 0 Å². The van der Waals surface area contributed by atoms with Crippen molar-refractivity contribution in [3.63, 3.8) is 0 Å². The summed E-state index contributed by atoms with van der Waals surface area (Å²) in [5, 5.41) is 35.1. The standard InChI is InChI=1S/C27H41NO6S/c1-15-9-11-22(17(3)12-20-14-35-19(5)28-20)34-24(31)13-23(30)27(6,7)26(33)18(4)25(32)16(2)8-10-21(15)29/h9,12,14,16,18,21-23,25,29-30,32H,8,10-11,13H2,1-7H3/b15-9-,17-12+/t16-,18+,21?,22-,23-,25-/m0/s1. The lowest BCUT2D eigenvalue weighted by atomic mass is 9.73. The van der Waals surface area contributed by atoms with Gasteiger partial charge in [-0.15, -0.1) is 11.3 Å². The molecular weight excluding hydrogens is 466 g/mol. The third kappa shape index (κ3) is 7.81. The van der Waals surface area contributed by atoms with E-state index >= 15 is 0 Å². The highest BCUT2D eigenvalue weighted by molar-refractivity contribution is 7.09. The molecule has 0 amide bonds. The van der Waals surface area contributed by atoms with E-state index in [1.807, 2.05) is 45.2 Å². The zero-order valence-electron chi connectivity index (χ0n) is 21.9. The number of aliphatic hydroxyl groups excluding tert-OH is 3. The Morgan fingerprint density at radius 3 is 2.43 bits per heavy atom. The van der Waals surface area contributed by atoms with E-state index in [4.69, 9.17) is 4.74 Å². The van der Waals surface area contributed by atoms with Crippen molar-refractivity contribution < 1.29 is 29.6 Å². The molecule has 1 aliphatic rings. The summed E-state index contributed by atoms with van der Waals surface area (Å²) >= 11 is 1.53. The number of thiazole rings is 1. The van der Waals surface area contributed by atoms with Gasteiger partial charge in [0, 0.05) is 17.7 Å². The van der Waals surface area contributed by atoms with Crippen molar-refractivity contribution >= 4 is 29.2 Å². The molecule has 196 valence electrons. The van der Waals surface area contributed by atoms with Gasteiger partial charge < -0.3 is 20.1 Å². The van der Waals surface area contributed by atoms with E-state index in [0.717, 1.165) is 21.8 Å². The molecule has 3 N–H and O–H groups in total. The Hall–Kier alpha value is -1.87. The molecule has 7 nitrogen and oxygen atoms in total. The van der Waals surface area contributed by atoms with Gasteiger partial charge in [0.1, 0.15) is 11.9 Å². The van der Waals surface area contributed by atoms with Crippen LogP contribution in [0.25, 0.3) is 6.08 Å². The minimum Gasteiger partial charge on any atom is -0.457 e. The Morgan fingerprint density at radius 2 is 1.83 bits per heavy atom. The molecule has 0 saturated heterocycles. The second-order valence-electron chi connectivity index (χ2n) is 10.5. The molecule has 0 saturated carbocycles. The molecular formula is C27H41NO6S. The van der Waals surface area contributed by atoms with E-state index in [-0.39, 0.29) is 18.1 Å². The maximum Gasteiger partial charge on any atom is 0.309 e. The lowest BCUT2D eigenvalue weighted by Crippen LogP contribution is -2.45. The molecule has 2 rings (SSSR count). The molecule has 0 fully saturated rings. The van der Waals surface area contributed by atoms with Crippen LogP contribution >= 0.6 is 11.3 Å². The highest BCUT2D eigenvalue weighted by Gasteiger charge is 2.42. The average Bonchev–Trinajstić information content (AvgIpc) is 3.21. The van der Waals surface area contributed by atoms with Gasteiger partial charge in [-0.05, 0) is 56.8 Å². The molecule has 1 aromatic heterocycles. The molecule has 8 heteroatoms. The molecule has 2 heterocycles. The van der Waals surface area contributed by atoms with Crippen molar-refractivity contribution in [2.45, 2.75) is 98.6 Å². The number of nitrogens with zero attached hydrogens (tertiary/aromatic N) is 1. The summed E-state index contributed by atoms with van der Waals surface area (Å²) < 4.78 is 5.76. The van der Waals surface area contributed by atoms with E-state index in [2.05, 4.69) is 4.98 Å². The third-order valence-electron chi connectivity index (χ3n) is 7.21.